The van der Waals surface area contributed by atoms with Crippen molar-refractivity contribution in [3.05, 3.63) is 35.4 Å². The Morgan fingerprint density at radius 2 is 1.94 bits per heavy atom. The molecule has 0 aromatic heterocycles. The maximum absolute atomic E-state index is 12.4. The zero-order valence-electron chi connectivity index (χ0n) is 8.58. The topological polar surface area (TPSA) is 37.3 Å². The van der Waals surface area contributed by atoms with E-state index in [-0.39, 0.29) is 0 Å². The predicted octanol–water partition coefficient (Wildman–Crippen LogP) is 2.80. The van der Waals surface area contributed by atoms with Crippen molar-refractivity contribution in [1.29, 1.82) is 0 Å². The number of benzene rings is 1. The Morgan fingerprint density at radius 3 is 2.38 bits per heavy atom. The number of carbonyl (C=O) groups is 1. The molecule has 1 aromatic rings. The molecule has 5 heteroatoms. The molecule has 16 heavy (non-hydrogen) atoms. The molecule has 0 saturated carbocycles. The van der Waals surface area contributed by atoms with E-state index >= 15 is 0 Å². The van der Waals surface area contributed by atoms with Crippen LogP contribution in [-0.4, -0.2) is 17.3 Å². The van der Waals surface area contributed by atoms with E-state index in [1.165, 1.54) is 6.07 Å². The summed E-state index contributed by atoms with van der Waals surface area (Å²) in [7, 11) is 0. The van der Waals surface area contributed by atoms with Gasteiger partial charge in [0.05, 0.1) is 0 Å². The van der Waals surface area contributed by atoms with Crippen molar-refractivity contribution in [1.82, 2.24) is 0 Å². The molecular weight excluding hydrogens is 221 g/mol. The molecule has 1 N–H and O–H groups in total. The first-order valence-corrected chi connectivity index (χ1v) is 4.66. The Hall–Kier alpha value is -1.52. The average Bonchev–Trinajstić information content (AvgIpc) is 2.14. The SMILES string of the molecule is Cc1ccccc1C[C@H](C(=O)O)C(F)(F)F. The lowest BCUT2D eigenvalue weighted by Crippen LogP contribution is -2.32. The third-order valence-corrected chi connectivity index (χ3v) is 2.38. The lowest BCUT2D eigenvalue weighted by atomic mass is 9.96. The molecule has 2 nitrogen and oxygen atoms in total. The number of aliphatic carboxylic acids is 1. The Kier molecular flexibility index (Phi) is 3.57. The second-order valence-electron chi connectivity index (χ2n) is 3.56. The van der Waals surface area contributed by atoms with E-state index in [0.717, 1.165) is 0 Å². The summed E-state index contributed by atoms with van der Waals surface area (Å²) in [5.41, 5.74) is 1.07. The molecule has 0 spiro atoms. The van der Waals surface area contributed by atoms with Gasteiger partial charge in [0.1, 0.15) is 0 Å². The number of hydrogen-bond donors (Lipinski definition) is 1. The second kappa shape index (κ2) is 4.55. The lowest BCUT2D eigenvalue weighted by Gasteiger charge is -2.16. The highest BCUT2D eigenvalue weighted by molar-refractivity contribution is 5.71. The van der Waals surface area contributed by atoms with Gasteiger partial charge in [-0.2, -0.15) is 13.2 Å². The summed E-state index contributed by atoms with van der Waals surface area (Å²) in [6.07, 6.45) is -5.24. The van der Waals surface area contributed by atoms with E-state index < -0.39 is 24.5 Å². The molecule has 0 radical (unpaired) electrons. The second-order valence-corrected chi connectivity index (χ2v) is 3.56. The third kappa shape index (κ3) is 2.98. The van der Waals surface area contributed by atoms with E-state index in [1.54, 1.807) is 25.1 Å². The number of alkyl halides is 3. The Bertz CT molecular complexity index is 385. The van der Waals surface area contributed by atoms with Crippen molar-refractivity contribution >= 4 is 5.97 Å². The van der Waals surface area contributed by atoms with Gasteiger partial charge in [0.2, 0.25) is 0 Å². The zero-order valence-corrected chi connectivity index (χ0v) is 8.58. The van der Waals surface area contributed by atoms with Crippen LogP contribution in [0.2, 0.25) is 0 Å². The molecule has 88 valence electrons. The van der Waals surface area contributed by atoms with Crippen LogP contribution in [0, 0.1) is 12.8 Å². The van der Waals surface area contributed by atoms with Crippen molar-refractivity contribution in [3.63, 3.8) is 0 Å². The van der Waals surface area contributed by atoms with Crippen LogP contribution >= 0.6 is 0 Å². The summed E-state index contributed by atoms with van der Waals surface area (Å²) >= 11 is 0. The van der Waals surface area contributed by atoms with Crippen molar-refractivity contribution in [2.24, 2.45) is 5.92 Å². The summed E-state index contributed by atoms with van der Waals surface area (Å²) in [6, 6.07) is 6.46. The van der Waals surface area contributed by atoms with Crippen LogP contribution in [0.5, 0.6) is 0 Å². The molecule has 0 aliphatic carbocycles. The Balaban J connectivity index is 2.94. The van der Waals surface area contributed by atoms with E-state index in [0.29, 0.717) is 11.1 Å². The maximum atomic E-state index is 12.4. The van der Waals surface area contributed by atoms with Gasteiger partial charge in [0.25, 0.3) is 0 Å². The van der Waals surface area contributed by atoms with E-state index in [4.69, 9.17) is 5.11 Å². The molecule has 0 saturated heterocycles. The first-order chi connectivity index (χ1) is 7.32. The summed E-state index contributed by atoms with van der Waals surface area (Å²) in [5.74, 6) is -4.18. The van der Waals surface area contributed by atoms with Crippen LogP contribution in [-0.2, 0) is 11.2 Å². The molecule has 1 aromatic carbocycles. The summed E-state index contributed by atoms with van der Waals surface area (Å²) in [5, 5.41) is 8.54. The Labute approximate surface area is 90.7 Å². The number of halogens is 3. The molecule has 1 rings (SSSR count). The van der Waals surface area contributed by atoms with Crippen molar-refractivity contribution in [2.75, 3.05) is 0 Å². The van der Waals surface area contributed by atoms with Gasteiger partial charge in [-0.3, -0.25) is 4.79 Å². The van der Waals surface area contributed by atoms with E-state index in [1.807, 2.05) is 0 Å². The molecule has 0 aliphatic heterocycles. The molecule has 0 amide bonds. The third-order valence-electron chi connectivity index (χ3n) is 2.38. The van der Waals surface area contributed by atoms with Gasteiger partial charge >= 0.3 is 12.1 Å². The average molecular weight is 232 g/mol. The van der Waals surface area contributed by atoms with Crippen LogP contribution in [0.25, 0.3) is 0 Å². The molecule has 0 aliphatic rings. The first kappa shape index (κ1) is 12.5. The van der Waals surface area contributed by atoms with Gasteiger partial charge in [-0.15, -0.1) is 0 Å². The standard InChI is InChI=1S/C11H11F3O2/c1-7-4-2-3-5-8(7)6-9(10(15)16)11(12,13)14/h2-5,9H,6H2,1H3,(H,15,16)/t9-/m1/s1. The predicted molar refractivity (Wildman–Crippen MR) is 52.1 cm³/mol. The van der Waals surface area contributed by atoms with Gasteiger partial charge in [-0.25, -0.2) is 0 Å². The summed E-state index contributed by atoms with van der Waals surface area (Å²) in [4.78, 5) is 10.5. The Morgan fingerprint density at radius 1 is 1.38 bits per heavy atom. The fourth-order valence-electron chi connectivity index (χ4n) is 1.40. The summed E-state index contributed by atoms with van der Waals surface area (Å²) < 4.78 is 37.2. The molecular formula is C11H11F3O2. The highest BCUT2D eigenvalue weighted by atomic mass is 19.4. The van der Waals surface area contributed by atoms with Gasteiger partial charge < -0.3 is 5.11 Å². The number of carboxylic acid groups (broad SMARTS) is 1. The normalized spacial score (nSPS) is 13.5. The van der Waals surface area contributed by atoms with E-state index in [9.17, 15) is 18.0 Å². The number of hydrogen-bond acceptors (Lipinski definition) is 1. The van der Waals surface area contributed by atoms with Crippen LogP contribution in [0.3, 0.4) is 0 Å². The maximum Gasteiger partial charge on any atom is 0.402 e. The van der Waals surface area contributed by atoms with Crippen LogP contribution in [0.4, 0.5) is 13.2 Å². The summed E-state index contributed by atoms with van der Waals surface area (Å²) in [6.45, 7) is 1.66. The first-order valence-electron chi connectivity index (χ1n) is 4.66. The highest BCUT2D eigenvalue weighted by Crippen LogP contribution is 2.30. The van der Waals surface area contributed by atoms with Crippen molar-refractivity contribution in [3.8, 4) is 0 Å². The van der Waals surface area contributed by atoms with Crippen LogP contribution in [0.15, 0.2) is 24.3 Å². The molecule has 1 atom stereocenters. The monoisotopic (exact) mass is 232 g/mol. The fraction of sp³-hybridized carbons (Fsp3) is 0.364. The minimum atomic E-state index is -4.71. The number of aryl methyl sites for hydroxylation is 1. The largest absolute Gasteiger partial charge is 0.481 e. The fourth-order valence-corrected chi connectivity index (χ4v) is 1.40. The van der Waals surface area contributed by atoms with Gasteiger partial charge in [-0.05, 0) is 24.5 Å². The molecule has 0 bridgehead atoms. The zero-order chi connectivity index (χ0) is 12.3. The van der Waals surface area contributed by atoms with Crippen LogP contribution in [0.1, 0.15) is 11.1 Å². The van der Waals surface area contributed by atoms with Crippen molar-refractivity contribution in [2.45, 2.75) is 19.5 Å². The number of carboxylic acids is 1. The molecule has 0 unspecified atom stereocenters. The quantitative estimate of drug-likeness (QED) is 0.870. The number of rotatable bonds is 3. The van der Waals surface area contributed by atoms with Crippen molar-refractivity contribution < 1.29 is 23.1 Å². The highest BCUT2D eigenvalue weighted by Gasteiger charge is 2.44. The van der Waals surface area contributed by atoms with Crippen LogP contribution < -0.4 is 0 Å². The minimum absolute atomic E-state index is 0.409. The van der Waals surface area contributed by atoms with Gasteiger partial charge in [0, 0.05) is 0 Å². The minimum Gasteiger partial charge on any atom is -0.481 e. The van der Waals surface area contributed by atoms with Gasteiger partial charge in [0.15, 0.2) is 5.92 Å². The molecule has 0 heterocycles. The lowest BCUT2D eigenvalue weighted by molar-refractivity contribution is -0.193. The van der Waals surface area contributed by atoms with E-state index in [2.05, 4.69) is 0 Å². The van der Waals surface area contributed by atoms with Gasteiger partial charge in [-0.1, -0.05) is 24.3 Å². The molecule has 0 fully saturated rings. The smallest absolute Gasteiger partial charge is 0.402 e.